The van der Waals surface area contributed by atoms with Crippen LogP contribution in [-0.2, 0) is 9.59 Å². The van der Waals surface area contributed by atoms with Crippen molar-refractivity contribution < 1.29 is 9.59 Å². The summed E-state index contributed by atoms with van der Waals surface area (Å²) in [5.41, 5.74) is 5.68. The first-order valence-electron chi connectivity index (χ1n) is 8.08. The van der Waals surface area contributed by atoms with E-state index in [9.17, 15) is 9.59 Å². The van der Waals surface area contributed by atoms with E-state index in [-0.39, 0.29) is 29.1 Å². The molecule has 1 saturated heterocycles. The minimum Gasteiger partial charge on any atom is -0.345 e. The molecule has 0 spiro atoms. The zero-order valence-electron chi connectivity index (χ0n) is 13.6. The number of amides is 2. The third-order valence-corrected chi connectivity index (χ3v) is 4.60. The number of hydrogen-bond acceptors (Lipinski definition) is 3. The van der Waals surface area contributed by atoms with Gasteiger partial charge in [-0.3, -0.25) is 9.59 Å². The predicted molar refractivity (Wildman–Crippen MR) is 82.5 cm³/mol. The molecule has 5 nitrogen and oxygen atoms in total. The number of nitrogens with two attached hydrogens (primary N) is 1. The van der Waals surface area contributed by atoms with E-state index in [1.807, 2.05) is 11.9 Å². The molecule has 2 rings (SSSR count). The molecule has 2 fully saturated rings. The Morgan fingerprint density at radius 1 is 1.24 bits per heavy atom. The van der Waals surface area contributed by atoms with E-state index < -0.39 is 0 Å². The quantitative estimate of drug-likeness (QED) is 0.825. The van der Waals surface area contributed by atoms with Crippen LogP contribution in [-0.4, -0.2) is 54.8 Å². The fourth-order valence-corrected chi connectivity index (χ4v) is 3.06. The second-order valence-electron chi connectivity index (χ2n) is 7.46. The molecule has 0 bridgehead atoms. The van der Waals surface area contributed by atoms with Crippen molar-refractivity contribution in [2.24, 2.45) is 23.0 Å². The lowest BCUT2D eigenvalue weighted by Gasteiger charge is -2.36. The highest BCUT2D eigenvalue weighted by Crippen LogP contribution is 2.32. The minimum atomic E-state index is -0.0669. The molecule has 21 heavy (non-hydrogen) atoms. The van der Waals surface area contributed by atoms with Crippen LogP contribution >= 0.6 is 0 Å². The van der Waals surface area contributed by atoms with Crippen molar-refractivity contribution in [3.63, 3.8) is 0 Å². The van der Waals surface area contributed by atoms with Crippen LogP contribution in [0.15, 0.2) is 0 Å². The van der Waals surface area contributed by atoms with Gasteiger partial charge in [-0.15, -0.1) is 0 Å². The molecule has 1 aliphatic carbocycles. The van der Waals surface area contributed by atoms with Crippen molar-refractivity contribution in [3.05, 3.63) is 0 Å². The predicted octanol–water partition coefficient (Wildman–Crippen LogP) is 1.08. The first-order valence-corrected chi connectivity index (χ1v) is 8.08. The van der Waals surface area contributed by atoms with Crippen LogP contribution in [0.2, 0.25) is 0 Å². The summed E-state index contributed by atoms with van der Waals surface area (Å²) in [7, 11) is 1.85. The lowest BCUT2D eigenvalue weighted by Crippen LogP contribution is -2.48. The van der Waals surface area contributed by atoms with Gasteiger partial charge in [0.2, 0.25) is 11.8 Å². The van der Waals surface area contributed by atoms with Crippen LogP contribution in [0.4, 0.5) is 0 Å². The van der Waals surface area contributed by atoms with E-state index in [1.54, 1.807) is 4.90 Å². The Bertz CT molecular complexity index is 404. The Kier molecular flexibility index (Phi) is 4.91. The highest BCUT2D eigenvalue weighted by molar-refractivity contribution is 5.83. The smallest absolute Gasteiger partial charge is 0.227 e. The van der Waals surface area contributed by atoms with Crippen molar-refractivity contribution in [1.29, 1.82) is 0 Å². The molecule has 0 aromatic rings. The molecule has 2 aliphatic rings. The van der Waals surface area contributed by atoms with Gasteiger partial charge in [0, 0.05) is 32.6 Å². The van der Waals surface area contributed by atoms with Crippen molar-refractivity contribution >= 4 is 11.8 Å². The number of rotatable bonds is 5. The Morgan fingerprint density at radius 3 is 2.48 bits per heavy atom. The Morgan fingerprint density at radius 2 is 1.90 bits per heavy atom. The van der Waals surface area contributed by atoms with Gasteiger partial charge in [0.15, 0.2) is 0 Å². The monoisotopic (exact) mass is 295 g/mol. The van der Waals surface area contributed by atoms with E-state index in [1.165, 1.54) is 0 Å². The Balaban J connectivity index is 1.90. The molecule has 1 saturated carbocycles. The van der Waals surface area contributed by atoms with Gasteiger partial charge in [0.05, 0.1) is 5.92 Å². The summed E-state index contributed by atoms with van der Waals surface area (Å²) in [5.74, 6) is 0.620. The Labute approximate surface area is 127 Å². The van der Waals surface area contributed by atoms with Gasteiger partial charge in [-0.1, -0.05) is 13.8 Å². The molecule has 1 unspecified atom stereocenters. The Hall–Kier alpha value is -1.10. The van der Waals surface area contributed by atoms with Crippen molar-refractivity contribution in [2.45, 2.75) is 39.5 Å². The van der Waals surface area contributed by atoms with E-state index in [0.29, 0.717) is 19.6 Å². The molecule has 1 aliphatic heterocycles. The lowest BCUT2D eigenvalue weighted by molar-refractivity contribution is -0.141. The van der Waals surface area contributed by atoms with Gasteiger partial charge in [-0.25, -0.2) is 0 Å². The van der Waals surface area contributed by atoms with Crippen molar-refractivity contribution in [3.8, 4) is 0 Å². The fourth-order valence-electron chi connectivity index (χ4n) is 3.06. The summed E-state index contributed by atoms with van der Waals surface area (Å²) in [6, 6.07) is 0. The van der Waals surface area contributed by atoms with Crippen molar-refractivity contribution in [2.75, 3.05) is 33.2 Å². The third-order valence-electron chi connectivity index (χ3n) is 4.60. The number of nitrogens with zero attached hydrogens (tertiary/aromatic N) is 2. The SMILES string of the molecule is CN(CC(C)(C)CN)C(=O)C1CCCN(C(=O)C2CC2)C1. The van der Waals surface area contributed by atoms with Crippen LogP contribution in [0.5, 0.6) is 0 Å². The van der Waals surface area contributed by atoms with Gasteiger partial charge >= 0.3 is 0 Å². The van der Waals surface area contributed by atoms with Gasteiger partial charge in [-0.2, -0.15) is 0 Å². The second-order valence-corrected chi connectivity index (χ2v) is 7.46. The molecular formula is C16H29N3O2. The normalized spacial score (nSPS) is 23.0. The average molecular weight is 295 g/mol. The number of piperidine rings is 1. The van der Waals surface area contributed by atoms with Crippen LogP contribution in [0, 0.1) is 17.3 Å². The van der Waals surface area contributed by atoms with E-state index in [0.717, 1.165) is 32.2 Å². The number of carbonyl (C=O) groups is 2. The molecule has 1 atom stereocenters. The zero-order valence-corrected chi connectivity index (χ0v) is 13.6. The summed E-state index contributed by atoms with van der Waals surface area (Å²) in [6.45, 7) is 6.77. The van der Waals surface area contributed by atoms with Crippen molar-refractivity contribution in [1.82, 2.24) is 9.80 Å². The first kappa shape index (κ1) is 16.3. The highest BCUT2D eigenvalue weighted by atomic mass is 16.2. The highest BCUT2D eigenvalue weighted by Gasteiger charge is 2.37. The maximum atomic E-state index is 12.6. The maximum absolute atomic E-state index is 12.6. The van der Waals surface area contributed by atoms with E-state index in [4.69, 9.17) is 5.73 Å². The summed E-state index contributed by atoms with van der Waals surface area (Å²) < 4.78 is 0. The summed E-state index contributed by atoms with van der Waals surface area (Å²) in [4.78, 5) is 28.5. The molecule has 1 heterocycles. The van der Waals surface area contributed by atoms with E-state index in [2.05, 4.69) is 13.8 Å². The minimum absolute atomic E-state index is 0.0416. The largest absolute Gasteiger partial charge is 0.345 e. The summed E-state index contributed by atoms with van der Waals surface area (Å²) >= 11 is 0. The standard InChI is InChI=1S/C16H29N3O2/c1-16(2,10-17)11-18(3)14(20)13-5-4-8-19(9-13)15(21)12-6-7-12/h12-13H,4-11,17H2,1-3H3. The number of likely N-dealkylation sites (tertiary alicyclic amines) is 1. The lowest BCUT2D eigenvalue weighted by atomic mass is 9.91. The van der Waals surface area contributed by atoms with Crippen LogP contribution in [0.3, 0.4) is 0 Å². The summed E-state index contributed by atoms with van der Waals surface area (Å²) in [6.07, 6.45) is 3.88. The molecular weight excluding hydrogens is 266 g/mol. The van der Waals surface area contributed by atoms with E-state index >= 15 is 0 Å². The van der Waals surface area contributed by atoms with Crippen LogP contribution < -0.4 is 5.73 Å². The van der Waals surface area contributed by atoms with Gasteiger partial charge in [0.25, 0.3) is 0 Å². The topological polar surface area (TPSA) is 66.6 Å². The van der Waals surface area contributed by atoms with Crippen LogP contribution in [0.1, 0.15) is 39.5 Å². The van der Waals surface area contributed by atoms with Crippen LogP contribution in [0.25, 0.3) is 0 Å². The van der Waals surface area contributed by atoms with Gasteiger partial charge in [0.1, 0.15) is 0 Å². The zero-order chi connectivity index (χ0) is 15.6. The fraction of sp³-hybridized carbons (Fsp3) is 0.875. The molecule has 0 aromatic heterocycles. The second kappa shape index (κ2) is 6.34. The first-order chi connectivity index (χ1) is 9.84. The maximum Gasteiger partial charge on any atom is 0.227 e. The molecule has 2 amide bonds. The van der Waals surface area contributed by atoms with Gasteiger partial charge < -0.3 is 15.5 Å². The number of carbonyl (C=O) groups excluding carboxylic acids is 2. The molecule has 0 aromatic carbocycles. The molecule has 5 heteroatoms. The average Bonchev–Trinajstić information content (AvgIpc) is 3.30. The third kappa shape index (κ3) is 4.19. The molecule has 0 radical (unpaired) electrons. The number of hydrogen-bond donors (Lipinski definition) is 1. The molecule has 120 valence electrons. The molecule has 2 N–H and O–H groups in total. The summed E-state index contributed by atoms with van der Waals surface area (Å²) in [5, 5.41) is 0. The van der Waals surface area contributed by atoms with Gasteiger partial charge in [-0.05, 0) is 37.6 Å².